The first-order valence-electron chi connectivity index (χ1n) is 4.67. The molecule has 0 aliphatic heterocycles. The van der Waals surface area contributed by atoms with Crippen LogP contribution in [0.1, 0.15) is 11.3 Å². The summed E-state index contributed by atoms with van der Waals surface area (Å²) in [6.45, 7) is 1.89. The zero-order valence-corrected chi connectivity index (χ0v) is 9.08. The zero-order chi connectivity index (χ0) is 10.8. The normalized spacial score (nSPS) is 10.6. The fraction of sp³-hybridized carbons (Fsp3) is 0.167. The second-order valence-corrected chi connectivity index (χ2v) is 3.79. The van der Waals surface area contributed by atoms with Gasteiger partial charge in [0.25, 0.3) is 0 Å². The number of aliphatic hydroxyl groups excluding tert-OH is 1. The maximum atomic E-state index is 8.95. The van der Waals surface area contributed by atoms with Crippen LogP contribution in [0.25, 0.3) is 11.3 Å². The largest absolute Gasteiger partial charge is 0.461 e. The Balaban J connectivity index is 2.45. The van der Waals surface area contributed by atoms with Gasteiger partial charge in [0.15, 0.2) is 0 Å². The molecule has 0 atom stereocenters. The fourth-order valence-corrected chi connectivity index (χ4v) is 1.73. The minimum Gasteiger partial charge on any atom is -0.461 e. The van der Waals surface area contributed by atoms with Gasteiger partial charge in [-0.1, -0.05) is 17.7 Å². The second kappa shape index (κ2) is 4.09. The van der Waals surface area contributed by atoms with Crippen molar-refractivity contribution in [3.63, 3.8) is 0 Å². The lowest BCUT2D eigenvalue weighted by Crippen LogP contribution is -1.84. The van der Waals surface area contributed by atoms with E-state index in [0.29, 0.717) is 5.02 Å². The molecule has 0 spiro atoms. The minimum absolute atomic E-state index is 0.00280. The molecular formula is C12H11ClO2. The monoisotopic (exact) mass is 222 g/mol. The average molecular weight is 223 g/mol. The van der Waals surface area contributed by atoms with E-state index < -0.39 is 0 Å². The van der Waals surface area contributed by atoms with E-state index in [0.717, 1.165) is 22.6 Å². The van der Waals surface area contributed by atoms with Crippen LogP contribution in [0.5, 0.6) is 0 Å². The summed E-state index contributed by atoms with van der Waals surface area (Å²) in [4.78, 5) is 0. The van der Waals surface area contributed by atoms with E-state index in [4.69, 9.17) is 21.1 Å². The minimum atomic E-state index is -0.00280. The van der Waals surface area contributed by atoms with Crippen molar-refractivity contribution < 1.29 is 9.52 Å². The third-order valence-corrected chi connectivity index (χ3v) is 2.53. The predicted molar refractivity (Wildman–Crippen MR) is 59.8 cm³/mol. The van der Waals surface area contributed by atoms with Crippen molar-refractivity contribution in [2.24, 2.45) is 0 Å². The van der Waals surface area contributed by atoms with E-state index in [1.54, 1.807) is 6.07 Å². The van der Waals surface area contributed by atoms with Gasteiger partial charge in [-0.25, -0.2) is 0 Å². The van der Waals surface area contributed by atoms with Gasteiger partial charge < -0.3 is 9.52 Å². The Kier molecular flexibility index (Phi) is 2.80. The Morgan fingerprint density at radius 3 is 2.60 bits per heavy atom. The first kappa shape index (κ1) is 10.3. The topological polar surface area (TPSA) is 33.4 Å². The molecule has 0 amide bonds. The number of furan rings is 1. The first-order valence-corrected chi connectivity index (χ1v) is 5.04. The lowest BCUT2D eigenvalue weighted by atomic mass is 10.1. The van der Waals surface area contributed by atoms with Crippen LogP contribution in [0, 0.1) is 6.92 Å². The van der Waals surface area contributed by atoms with Crippen molar-refractivity contribution in [2.45, 2.75) is 13.5 Å². The van der Waals surface area contributed by atoms with Crippen molar-refractivity contribution in [2.75, 3.05) is 0 Å². The van der Waals surface area contributed by atoms with Crippen LogP contribution in [0.4, 0.5) is 0 Å². The summed E-state index contributed by atoms with van der Waals surface area (Å²) in [5.41, 5.74) is 1.65. The highest BCUT2D eigenvalue weighted by molar-refractivity contribution is 6.33. The molecule has 2 nitrogen and oxygen atoms in total. The van der Waals surface area contributed by atoms with E-state index in [-0.39, 0.29) is 6.61 Å². The highest BCUT2D eigenvalue weighted by atomic mass is 35.5. The fourth-order valence-electron chi connectivity index (χ4n) is 1.44. The van der Waals surface area contributed by atoms with Gasteiger partial charge in [0.05, 0.1) is 11.6 Å². The van der Waals surface area contributed by atoms with Gasteiger partial charge >= 0.3 is 0 Å². The van der Waals surface area contributed by atoms with Gasteiger partial charge in [-0.15, -0.1) is 0 Å². The molecule has 15 heavy (non-hydrogen) atoms. The molecule has 1 aromatic carbocycles. The van der Waals surface area contributed by atoms with Crippen LogP contribution in [0.2, 0.25) is 5.02 Å². The highest BCUT2D eigenvalue weighted by Gasteiger charge is 2.07. The number of aliphatic hydroxyl groups is 1. The van der Waals surface area contributed by atoms with E-state index >= 15 is 0 Å². The molecular weight excluding hydrogens is 212 g/mol. The van der Waals surface area contributed by atoms with Crippen molar-refractivity contribution >= 4 is 11.6 Å². The van der Waals surface area contributed by atoms with Crippen LogP contribution in [-0.4, -0.2) is 5.11 Å². The maximum Gasteiger partial charge on any atom is 0.135 e. The average Bonchev–Trinajstić information content (AvgIpc) is 2.64. The smallest absolute Gasteiger partial charge is 0.135 e. The molecule has 2 rings (SSSR count). The lowest BCUT2D eigenvalue weighted by Gasteiger charge is -2.02. The molecule has 0 fully saturated rings. The number of benzene rings is 1. The van der Waals surface area contributed by atoms with Crippen LogP contribution in [0.3, 0.4) is 0 Å². The van der Waals surface area contributed by atoms with Crippen molar-refractivity contribution in [1.82, 2.24) is 0 Å². The Bertz CT molecular complexity index is 474. The van der Waals surface area contributed by atoms with E-state index in [1.807, 2.05) is 31.2 Å². The van der Waals surface area contributed by atoms with Crippen molar-refractivity contribution in [3.8, 4) is 11.3 Å². The lowest BCUT2D eigenvalue weighted by molar-refractivity contribution is 0.282. The molecule has 0 saturated heterocycles. The zero-order valence-electron chi connectivity index (χ0n) is 8.33. The SMILES string of the molecule is Cc1ccc(-c2ccc(CO)cc2Cl)o1. The van der Waals surface area contributed by atoms with Crippen LogP contribution >= 0.6 is 11.6 Å². The number of halogens is 1. The molecule has 1 N–H and O–H groups in total. The number of aryl methyl sites for hydroxylation is 1. The molecule has 3 heteroatoms. The number of rotatable bonds is 2. The maximum absolute atomic E-state index is 8.95. The van der Waals surface area contributed by atoms with E-state index in [9.17, 15) is 0 Å². The molecule has 1 aromatic heterocycles. The highest BCUT2D eigenvalue weighted by Crippen LogP contribution is 2.30. The van der Waals surface area contributed by atoms with Gasteiger partial charge in [-0.05, 0) is 36.8 Å². The number of hydrogen-bond donors (Lipinski definition) is 1. The third kappa shape index (κ3) is 2.06. The molecule has 0 saturated carbocycles. The first-order chi connectivity index (χ1) is 7.20. The standard InChI is InChI=1S/C12H11ClO2/c1-8-2-5-12(15-8)10-4-3-9(7-14)6-11(10)13/h2-6,14H,7H2,1H3. The summed E-state index contributed by atoms with van der Waals surface area (Å²) in [6, 6.07) is 9.21. The summed E-state index contributed by atoms with van der Waals surface area (Å²) < 4.78 is 5.48. The summed E-state index contributed by atoms with van der Waals surface area (Å²) in [5, 5.41) is 9.54. The van der Waals surface area contributed by atoms with Gasteiger partial charge in [0, 0.05) is 5.56 Å². The van der Waals surface area contributed by atoms with Crippen LogP contribution in [0.15, 0.2) is 34.7 Å². The Hall–Kier alpha value is -1.25. The van der Waals surface area contributed by atoms with E-state index in [1.165, 1.54) is 0 Å². The van der Waals surface area contributed by atoms with Crippen LogP contribution in [-0.2, 0) is 6.61 Å². The molecule has 0 aliphatic rings. The Morgan fingerprint density at radius 2 is 2.07 bits per heavy atom. The molecule has 0 radical (unpaired) electrons. The Labute approximate surface area is 93.1 Å². The van der Waals surface area contributed by atoms with Gasteiger partial charge in [0.2, 0.25) is 0 Å². The van der Waals surface area contributed by atoms with Gasteiger partial charge in [-0.2, -0.15) is 0 Å². The third-order valence-electron chi connectivity index (χ3n) is 2.22. The number of hydrogen-bond acceptors (Lipinski definition) is 2. The van der Waals surface area contributed by atoms with Gasteiger partial charge in [0.1, 0.15) is 11.5 Å². The van der Waals surface area contributed by atoms with E-state index in [2.05, 4.69) is 0 Å². The molecule has 78 valence electrons. The van der Waals surface area contributed by atoms with Crippen LogP contribution < -0.4 is 0 Å². The Morgan fingerprint density at radius 1 is 1.27 bits per heavy atom. The van der Waals surface area contributed by atoms with Crippen molar-refractivity contribution in [1.29, 1.82) is 0 Å². The molecule has 0 bridgehead atoms. The molecule has 2 aromatic rings. The molecule has 1 heterocycles. The summed E-state index contributed by atoms with van der Waals surface area (Å²) in [7, 11) is 0. The summed E-state index contributed by atoms with van der Waals surface area (Å²) in [5.74, 6) is 1.61. The second-order valence-electron chi connectivity index (χ2n) is 3.38. The summed E-state index contributed by atoms with van der Waals surface area (Å²) >= 11 is 6.08. The quantitative estimate of drug-likeness (QED) is 0.845. The van der Waals surface area contributed by atoms with Gasteiger partial charge in [-0.3, -0.25) is 0 Å². The van der Waals surface area contributed by atoms with Crippen molar-refractivity contribution in [3.05, 3.63) is 46.7 Å². The molecule has 0 unspecified atom stereocenters. The summed E-state index contributed by atoms with van der Waals surface area (Å²) in [6.07, 6.45) is 0. The predicted octanol–water partition coefficient (Wildman–Crippen LogP) is 3.40. The molecule has 0 aliphatic carbocycles.